The molecular formula is C21H19NO4. The standard InChI is InChI=1S/C21H19NO4/c1-13-5-3-7-15(9-13)22-18-12-26-21(24)20(18)17(11-19(22)23)14-6-4-8-16(10-14)25-2/h3-10,17H,11-12H2,1-2H3/t17-/m1/s1. The molecular weight excluding hydrogens is 330 g/mol. The minimum atomic E-state index is -0.349. The number of carbonyl (C=O) groups is 2. The summed E-state index contributed by atoms with van der Waals surface area (Å²) in [5.74, 6) is -0.00770. The SMILES string of the molecule is COc1cccc([C@H]2CC(=O)N(c3cccc(C)c3)C3=C2C(=O)OC3)c1. The van der Waals surface area contributed by atoms with E-state index in [0.717, 1.165) is 16.8 Å². The number of esters is 1. The zero-order valence-corrected chi connectivity index (χ0v) is 14.7. The van der Waals surface area contributed by atoms with E-state index in [1.807, 2.05) is 55.5 Å². The largest absolute Gasteiger partial charge is 0.497 e. The Morgan fingerprint density at radius 1 is 1.12 bits per heavy atom. The van der Waals surface area contributed by atoms with E-state index in [0.29, 0.717) is 17.0 Å². The number of nitrogens with zero attached hydrogens (tertiary/aromatic N) is 1. The van der Waals surface area contributed by atoms with E-state index in [4.69, 9.17) is 9.47 Å². The van der Waals surface area contributed by atoms with Crippen LogP contribution in [0.25, 0.3) is 0 Å². The summed E-state index contributed by atoms with van der Waals surface area (Å²) in [6, 6.07) is 15.2. The molecule has 0 bridgehead atoms. The third-order valence-electron chi connectivity index (χ3n) is 4.87. The first-order valence-electron chi connectivity index (χ1n) is 8.52. The number of anilines is 1. The number of hydrogen-bond donors (Lipinski definition) is 0. The molecule has 2 aliphatic heterocycles. The molecule has 2 heterocycles. The van der Waals surface area contributed by atoms with E-state index in [2.05, 4.69) is 0 Å². The van der Waals surface area contributed by atoms with Gasteiger partial charge in [0.15, 0.2) is 0 Å². The second kappa shape index (κ2) is 6.33. The predicted molar refractivity (Wildman–Crippen MR) is 97.0 cm³/mol. The summed E-state index contributed by atoms with van der Waals surface area (Å²) in [4.78, 5) is 27.1. The number of benzene rings is 2. The van der Waals surface area contributed by atoms with Crippen molar-refractivity contribution >= 4 is 17.6 Å². The van der Waals surface area contributed by atoms with Gasteiger partial charge in [0.25, 0.3) is 0 Å². The number of ether oxygens (including phenoxy) is 2. The molecule has 1 amide bonds. The lowest BCUT2D eigenvalue weighted by Gasteiger charge is -2.32. The monoisotopic (exact) mass is 349 g/mol. The number of hydrogen-bond acceptors (Lipinski definition) is 4. The van der Waals surface area contributed by atoms with Crippen molar-refractivity contribution in [3.8, 4) is 5.75 Å². The minimum absolute atomic E-state index is 0.0412. The fraction of sp³-hybridized carbons (Fsp3) is 0.238. The number of rotatable bonds is 3. The van der Waals surface area contributed by atoms with Crippen LogP contribution >= 0.6 is 0 Å². The highest BCUT2D eigenvalue weighted by molar-refractivity contribution is 6.06. The van der Waals surface area contributed by atoms with Crippen LogP contribution in [0.5, 0.6) is 5.75 Å². The van der Waals surface area contributed by atoms with Gasteiger partial charge in [0.2, 0.25) is 5.91 Å². The van der Waals surface area contributed by atoms with Gasteiger partial charge in [-0.25, -0.2) is 4.79 Å². The van der Waals surface area contributed by atoms with Crippen LogP contribution in [-0.2, 0) is 14.3 Å². The Balaban J connectivity index is 1.83. The van der Waals surface area contributed by atoms with Crippen LogP contribution in [0.3, 0.4) is 0 Å². The van der Waals surface area contributed by atoms with Crippen molar-refractivity contribution < 1.29 is 19.1 Å². The number of methoxy groups -OCH3 is 1. The molecule has 26 heavy (non-hydrogen) atoms. The maximum Gasteiger partial charge on any atom is 0.336 e. The molecule has 0 aliphatic carbocycles. The smallest absolute Gasteiger partial charge is 0.336 e. The fourth-order valence-corrected chi connectivity index (χ4v) is 3.66. The van der Waals surface area contributed by atoms with Crippen LogP contribution in [0.15, 0.2) is 59.8 Å². The first-order chi connectivity index (χ1) is 12.6. The lowest BCUT2D eigenvalue weighted by atomic mass is 9.84. The number of amides is 1. The van der Waals surface area contributed by atoms with Crippen LogP contribution in [0.2, 0.25) is 0 Å². The van der Waals surface area contributed by atoms with Gasteiger partial charge in [-0.3, -0.25) is 9.69 Å². The van der Waals surface area contributed by atoms with E-state index < -0.39 is 0 Å². The summed E-state index contributed by atoms with van der Waals surface area (Å²) < 4.78 is 10.6. The highest BCUT2D eigenvalue weighted by Crippen LogP contribution is 2.42. The molecule has 0 aromatic heterocycles. The summed E-state index contributed by atoms with van der Waals surface area (Å²) in [5.41, 5.74) is 3.92. The van der Waals surface area contributed by atoms with Crippen molar-refractivity contribution in [2.45, 2.75) is 19.3 Å². The first kappa shape index (κ1) is 16.4. The van der Waals surface area contributed by atoms with E-state index in [1.165, 1.54) is 0 Å². The Labute approximate surface area is 151 Å². The number of aryl methyl sites for hydroxylation is 1. The molecule has 2 aromatic carbocycles. The van der Waals surface area contributed by atoms with Gasteiger partial charge in [0.05, 0.1) is 18.4 Å². The molecule has 0 radical (unpaired) electrons. The molecule has 2 aliphatic rings. The summed E-state index contributed by atoms with van der Waals surface area (Å²) in [7, 11) is 1.60. The van der Waals surface area contributed by atoms with Gasteiger partial charge in [-0.2, -0.15) is 0 Å². The van der Waals surface area contributed by atoms with Gasteiger partial charge in [-0.15, -0.1) is 0 Å². The van der Waals surface area contributed by atoms with Crippen molar-refractivity contribution in [2.75, 3.05) is 18.6 Å². The lowest BCUT2D eigenvalue weighted by molar-refractivity contribution is -0.136. The molecule has 5 heteroatoms. The minimum Gasteiger partial charge on any atom is -0.497 e. The van der Waals surface area contributed by atoms with Gasteiger partial charge in [-0.1, -0.05) is 24.3 Å². The Morgan fingerprint density at radius 3 is 2.69 bits per heavy atom. The topological polar surface area (TPSA) is 55.8 Å². The van der Waals surface area contributed by atoms with Crippen LogP contribution < -0.4 is 9.64 Å². The van der Waals surface area contributed by atoms with Crippen molar-refractivity contribution in [3.05, 3.63) is 70.9 Å². The second-order valence-electron chi connectivity index (χ2n) is 6.54. The third-order valence-corrected chi connectivity index (χ3v) is 4.87. The molecule has 2 aromatic rings. The highest BCUT2D eigenvalue weighted by Gasteiger charge is 2.43. The molecule has 4 rings (SSSR count). The summed E-state index contributed by atoms with van der Waals surface area (Å²) in [5, 5.41) is 0. The highest BCUT2D eigenvalue weighted by atomic mass is 16.5. The Bertz CT molecular complexity index is 931. The maximum atomic E-state index is 13.0. The molecule has 0 saturated heterocycles. The van der Waals surface area contributed by atoms with Crippen LogP contribution in [-0.4, -0.2) is 25.6 Å². The Hall–Kier alpha value is -3.08. The van der Waals surface area contributed by atoms with E-state index in [9.17, 15) is 9.59 Å². The summed E-state index contributed by atoms with van der Waals surface area (Å²) >= 11 is 0. The van der Waals surface area contributed by atoms with Gasteiger partial charge >= 0.3 is 5.97 Å². The van der Waals surface area contributed by atoms with Gasteiger partial charge in [0.1, 0.15) is 12.4 Å². The Morgan fingerprint density at radius 2 is 1.92 bits per heavy atom. The molecule has 0 unspecified atom stereocenters. The van der Waals surface area contributed by atoms with Gasteiger partial charge in [-0.05, 0) is 42.3 Å². The first-order valence-corrected chi connectivity index (χ1v) is 8.52. The molecule has 1 atom stereocenters. The van der Waals surface area contributed by atoms with Crippen molar-refractivity contribution in [1.82, 2.24) is 0 Å². The Kier molecular flexibility index (Phi) is 3.99. The molecule has 132 valence electrons. The molecule has 5 nitrogen and oxygen atoms in total. The zero-order valence-electron chi connectivity index (χ0n) is 14.7. The van der Waals surface area contributed by atoms with Crippen LogP contribution in [0.1, 0.15) is 23.5 Å². The summed E-state index contributed by atoms with van der Waals surface area (Å²) in [6.45, 7) is 2.09. The summed E-state index contributed by atoms with van der Waals surface area (Å²) in [6.07, 6.45) is 0.217. The fourth-order valence-electron chi connectivity index (χ4n) is 3.66. The maximum absolute atomic E-state index is 13.0. The average molecular weight is 349 g/mol. The predicted octanol–water partition coefficient (Wildman–Crippen LogP) is 3.34. The van der Waals surface area contributed by atoms with Crippen molar-refractivity contribution in [3.63, 3.8) is 0 Å². The van der Waals surface area contributed by atoms with E-state index in [-0.39, 0.29) is 30.8 Å². The van der Waals surface area contributed by atoms with E-state index in [1.54, 1.807) is 12.0 Å². The zero-order chi connectivity index (χ0) is 18.3. The number of carbonyl (C=O) groups excluding carboxylic acids is 2. The average Bonchev–Trinajstić information content (AvgIpc) is 3.02. The van der Waals surface area contributed by atoms with E-state index >= 15 is 0 Å². The lowest BCUT2D eigenvalue weighted by Crippen LogP contribution is -2.37. The van der Waals surface area contributed by atoms with Gasteiger partial charge < -0.3 is 9.47 Å². The molecule has 0 saturated carbocycles. The molecule has 0 spiro atoms. The molecule has 0 fully saturated rings. The quantitative estimate of drug-likeness (QED) is 0.798. The number of cyclic esters (lactones) is 1. The second-order valence-corrected chi connectivity index (χ2v) is 6.54. The van der Waals surface area contributed by atoms with Crippen LogP contribution in [0.4, 0.5) is 5.69 Å². The van der Waals surface area contributed by atoms with Gasteiger partial charge in [0, 0.05) is 18.0 Å². The molecule has 0 N–H and O–H groups in total. The van der Waals surface area contributed by atoms with Crippen LogP contribution in [0, 0.1) is 6.92 Å². The third kappa shape index (κ3) is 2.65. The van der Waals surface area contributed by atoms with Crippen molar-refractivity contribution in [2.24, 2.45) is 0 Å². The van der Waals surface area contributed by atoms with Crippen molar-refractivity contribution in [1.29, 1.82) is 0 Å². The normalized spacial score (nSPS) is 19.5.